The second kappa shape index (κ2) is 3.02. The summed E-state index contributed by atoms with van der Waals surface area (Å²) in [6.07, 6.45) is 3.80. The van der Waals surface area contributed by atoms with Crippen LogP contribution in [-0.2, 0) is 0 Å². The van der Waals surface area contributed by atoms with Crippen molar-refractivity contribution in [1.29, 1.82) is 0 Å². The molecule has 2 rings (SSSR count). The average molecular weight is 152 g/mol. The molecule has 1 unspecified atom stereocenters. The Balaban J connectivity index is 2.04. The van der Waals surface area contributed by atoms with Crippen molar-refractivity contribution < 1.29 is 0 Å². The molecule has 60 valence electrons. The van der Waals surface area contributed by atoms with E-state index in [2.05, 4.69) is 20.8 Å². The van der Waals surface area contributed by atoms with Crippen molar-refractivity contribution in [3.05, 3.63) is 18.0 Å². The van der Waals surface area contributed by atoms with Crippen LogP contribution in [0.1, 0.15) is 11.6 Å². The van der Waals surface area contributed by atoms with E-state index in [0.29, 0.717) is 6.04 Å². The summed E-state index contributed by atoms with van der Waals surface area (Å²) >= 11 is 0. The third kappa shape index (κ3) is 1.41. The van der Waals surface area contributed by atoms with Gasteiger partial charge in [0.15, 0.2) is 0 Å². The molecule has 1 atom stereocenters. The predicted octanol–water partition coefficient (Wildman–Crippen LogP) is -0.356. The Morgan fingerprint density at radius 1 is 1.45 bits per heavy atom. The summed E-state index contributed by atoms with van der Waals surface area (Å²) in [7, 11) is 0. The molecule has 0 spiro atoms. The van der Waals surface area contributed by atoms with E-state index in [4.69, 9.17) is 0 Å². The van der Waals surface area contributed by atoms with Gasteiger partial charge in [0.25, 0.3) is 0 Å². The van der Waals surface area contributed by atoms with Gasteiger partial charge in [-0.3, -0.25) is 5.10 Å². The minimum absolute atomic E-state index is 0.433. The van der Waals surface area contributed by atoms with E-state index in [9.17, 15) is 0 Å². The minimum Gasteiger partial charge on any atom is -0.314 e. The van der Waals surface area contributed by atoms with E-state index >= 15 is 0 Å². The van der Waals surface area contributed by atoms with Crippen LogP contribution >= 0.6 is 0 Å². The highest BCUT2D eigenvalue weighted by Crippen LogP contribution is 2.10. The van der Waals surface area contributed by atoms with E-state index in [0.717, 1.165) is 19.6 Å². The molecule has 1 saturated heterocycles. The Morgan fingerprint density at radius 3 is 3.09 bits per heavy atom. The first-order chi connectivity index (χ1) is 5.47. The first kappa shape index (κ1) is 6.82. The van der Waals surface area contributed by atoms with Gasteiger partial charge in [-0.25, -0.2) is 0 Å². The Labute approximate surface area is 65.4 Å². The zero-order valence-corrected chi connectivity index (χ0v) is 6.30. The van der Waals surface area contributed by atoms with E-state index in [-0.39, 0.29) is 0 Å². The number of aromatic amines is 1. The molecule has 0 aliphatic carbocycles. The van der Waals surface area contributed by atoms with Gasteiger partial charge in [0.2, 0.25) is 0 Å². The lowest BCUT2D eigenvalue weighted by Crippen LogP contribution is -2.42. The van der Waals surface area contributed by atoms with Crippen LogP contribution in [0.25, 0.3) is 0 Å². The molecule has 0 aromatic carbocycles. The molecule has 1 aromatic rings. The molecule has 2 heterocycles. The number of nitrogens with one attached hydrogen (secondary N) is 3. The van der Waals surface area contributed by atoms with Crippen LogP contribution in [0.3, 0.4) is 0 Å². The van der Waals surface area contributed by atoms with Gasteiger partial charge in [-0.05, 0) is 0 Å². The maximum absolute atomic E-state index is 3.90. The lowest BCUT2D eigenvalue weighted by Gasteiger charge is -2.23. The zero-order chi connectivity index (χ0) is 7.52. The van der Waals surface area contributed by atoms with Gasteiger partial charge in [-0.2, -0.15) is 5.10 Å². The summed E-state index contributed by atoms with van der Waals surface area (Å²) in [6, 6.07) is 0.433. The van der Waals surface area contributed by atoms with Crippen molar-refractivity contribution in [2.75, 3.05) is 19.6 Å². The Hall–Kier alpha value is -0.870. The number of hydrogen-bond donors (Lipinski definition) is 3. The van der Waals surface area contributed by atoms with Crippen molar-refractivity contribution in [3.63, 3.8) is 0 Å². The lowest BCUT2D eigenvalue weighted by molar-refractivity contribution is 0.430. The van der Waals surface area contributed by atoms with E-state index in [1.165, 1.54) is 5.56 Å². The largest absolute Gasteiger partial charge is 0.314 e. The van der Waals surface area contributed by atoms with E-state index < -0.39 is 0 Å². The highest BCUT2D eigenvalue weighted by molar-refractivity contribution is 5.10. The molecular formula is C7H12N4. The molecule has 1 aliphatic heterocycles. The molecule has 4 heteroatoms. The van der Waals surface area contributed by atoms with Crippen molar-refractivity contribution in [3.8, 4) is 0 Å². The zero-order valence-electron chi connectivity index (χ0n) is 6.30. The van der Waals surface area contributed by atoms with Crippen LogP contribution in [0.4, 0.5) is 0 Å². The first-order valence-corrected chi connectivity index (χ1v) is 3.89. The Kier molecular flexibility index (Phi) is 1.87. The second-order valence-electron chi connectivity index (χ2n) is 2.74. The van der Waals surface area contributed by atoms with Crippen molar-refractivity contribution in [1.82, 2.24) is 20.8 Å². The number of hydrogen-bond acceptors (Lipinski definition) is 3. The third-order valence-corrected chi connectivity index (χ3v) is 1.96. The maximum atomic E-state index is 3.90. The summed E-state index contributed by atoms with van der Waals surface area (Å²) in [4.78, 5) is 0. The van der Waals surface area contributed by atoms with Crippen LogP contribution in [0.5, 0.6) is 0 Å². The smallest absolute Gasteiger partial charge is 0.0535 e. The van der Waals surface area contributed by atoms with Gasteiger partial charge in [-0.15, -0.1) is 0 Å². The van der Waals surface area contributed by atoms with Gasteiger partial charge in [0.1, 0.15) is 0 Å². The molecule has 4 nitrogen and oxygen atoms in total. The van der Waals surface area contributed by atoms with Crippen LogP contribution in [0, 0.1) is 0 Å². The lowest BCUT2D eigenvalue weighted by atomic mass is 10.1. The molecule has 0 saturated carbocycles. The molecule has 0 bridgehead atoms. The molecular weight excluding hydrogens is 140 g/mol. The van der Waals surface area contributed by atoms with Gasteiger partial charge >= 0.3 is 0 Å². The highest BCUT2D eigenvalue weighted by Gasteiger charge is 2.13. The monoisotopic (exact) mass is 152 g/mol. The average Bonchev–Trinajstić information content (AvgIpc) is 2.58. The van der Waals surface area contributed by atoms with E-state index in [1.807, 2.05) is 12.4 Å². The highest BCUT2D eigenvalue weighted by atomic mass is 15.1. The fourth-order valence-electron chi connectivity index (χ4n) is 1.34. The van der Waals surface area contributed by atoms with Crippen LogP contribution < -0.4 is 10.6 Å². The van der Waals surface area contributed by atoms with E-state index in [1.54, 1.807) is 0 Å². The minimum atomic E-state index is 0.433. The summed E-state index contributed by atoms with van der Waals surface area (Å²) in [5, 5.41) is 13.4. The maximum Gasteiger partial charge on any atom is 0.0535 e. The molecule has 1 aromatic heterocycles. The van der Waals surface area contributed by atoms with Gasteiger partial charge < -0.3 is 10.6 Å². The van der Waals surface area contributed by atoms with Crippen molar-refractivity contribution >= 4 is 0 Å². The number of nitrogens with zero attached hydrogens (tertiary/aromatic N) is 1. The fourth-order valence-corrected chi connectivity index (χ4v) is 1.34. The number of piperazine rings is 1. The second-order valence-corrected chi connectivity index (χ2v) is 2.74. The van der Waals surface area contributed by atoms with Crippen molar-refractivity contribution in [2.45, 2.75) is 6.04 Å². The summed E-state index contributed by atoms with van der Waals surface area (Å²) in [5.41, 5.74) is 1.23. The topological polar surface area (TPSA) is 52.7 Å². The molecule has 1 fully saturated rings. The van der Waals surface area contributed by atoms with Crippen molar-refractivity contribution in [2.24, 2.45) is 0 Å². The van der Waals surface area contributed by atoms with Crippen LogP contribution in [-0.4, -0.2) is 29.8 Å². The number of H-pyrrole nitrogens is 1. The molecule has 0 amide bonds. The van der Waals surface area contributed by atoms with Gasteiger partial charge in [0, 0.05) is 37.4 Å². The molecule has 3 N–H and O–H groups in total. The number of aromatic nitrogens is 2. The Bertz CT molecular complexity index is 200. The normalized spacial score (nSPS) is 25.3. The van der Waals surface area contributed by atoms with Gasteiger partial charge in [-0.1, -0.05) is 0 Å². The third-order valence-electron chi connectivity index (χ3n) is 1.96. The standard InChI is InChI=1S/C7H12N4/c1-2-9-7(5-8-1)6-3-10-11-4-6/h3-4,7-9H,1-2,5H2,(H,10,11). The Morgan fingerprint density at radius 2 is 2.45 bits per heavy atom. The first-order valence-electron chi connectivity index (χ1n) is 3.89. The SMILES string of the molecule is c1n[nH]cc1C1CNCCN1. The molecule has 1 aliphatic rings. The summed E-state index contributed by atoms with van der Waals surface area (Å²) < 4.78 is 0. The molecule has 0 radical (unpaired) electrons. The summed E-state index contributed by atoms with van der Waals surface area (Å²) in [5.74, 6) is 0. The van der Waals surface area contributed by atoms with Crippen LogP contribution in [0.15, 0.2) is 12.4 Å². The van der Waals surface area contributed by atoms with Crippen LogP contribution in [0.2, 0.25) is 0 Å². The van der Waals surface area contributed by atoms with Gasteiger partial charge in [0.05, 0.1) is 6.20 Å². The fraction of sp³-hybridized carbons (Fsp3) is 0.571. The predicted molar refractivity (Wildman–Crippen MR) is 42.2 cm³/mol. The number of rotatable bonds is 1. The summed E-state index contributed by atoms with van der Waals surface area (Å²) in [6.45, 7) is 3.10. The molecule has 11 heavy (non-hydrogen) atoms. The quantitative estimate of drug-likeness (QED) is 0.515.